The Morgan fingerprint density at radius 2 is 2.00 bits per heavy atom. The predicted octanol–water partition coefficient (Wildman–Crippen LogP) is 4.57. The Kier molecular flexibility index (Phi) is 4.74. The molecule has 1 aliphatic heterocycles. The van der Waals surface area contributed by atoms with E-state index in [0.29, 0.717) is 24.2 Å². The number of pyridine rings is 1. The average Bonchev–Trinajstić information content (AvgIpc) is 3.00. The summed E-state index contributed by atoms with van der Waals surface area (Å²) in [4.78, 5) is 23.5. The van der Waals surface area contributed by atoms with Crippen LogP contribution >= 0.6 is 11.6 Å². The van der Waals surface area contributed by atoms with Crippen molar-refractivity contribution in [3.05, 3.63) is 52.9 Å². The van der Waals surface area contributed by atoms with Gasteiger partial charge in [0.15, 0.2) is 5.65 Å². The van der Waals surface area contributed by atoms with Crippen molar-refractivity contribution in [1.29, 1.82) is 0 Å². The lowest BCUT2D eigenvalue weighted by atomic mass is 10.0. The van der Waals surface area contributed by atoms with Crippen molar-refractivity contribution in [2.45, 2.75) is 32.7 Å². The van der Waals surface area contributed by atoms with Crippen LogP contribution in [0.1, 0.15) is 30.3 Å². The highest BCUT2D eigenvalue weighted by molar-refractivity contribution is 6.31. The van der Waals surface area contributed by atoms with E-state index >= 15 is 0 Å². The molecule has 0 unspecified atom stereocenters. The quantitative estimate of drug-likeness (QED) is 0.705. The van der Waals surface area contributed by atoms with E-state index < -0.39 is 0 Å². The summed E-state index contributed by atoms with van der Waals surface area (Å²) >= 11 is 6.14. The van der Waals surface area contributed by atoms with Gasteiger partial charge in [0.1, 0.15) is 11.3 Å². The van der Waals surface area contributed by atoms with Crippen LogP contribution in [0.5, 0.6) is 0 Å². The zero-order valence-electron chi connectivity index (χ0n) is 15.4. The van der Waals surface area contributed by atoms with Crippen molar-refractivity contribution in [3.63, 3.8) is 0 Å². The smallest absolute Gasteiger partial charge is 0.321 e. The lowest BCUT2D eigenvalue weighted by molar-refractivity contribution is 0.184. The first-order valence-electron chi connectivity index (χ1n) is 9.14. The lowest BCUT2D eigenvalue weighted by Crippen LogP contribution is -2.41. The Labute approximate surface area is 163 Å². The predicted molar refractivity (Wildman–Crippen MR) is 107 cm³/mol. The van der Waals surface area contributed by atoms with Crippen LogP contribution in [0.15, 0.2) is 36.5 Å². The van der Waals surface area contributed by atoms with Crippen molar-refractivity contribution in [1.82, 2.24) is 19.4 Å². The topological polar surface area (TPSA) is 63.1 Å². The summed E-state index contributed by atoms with van der Waals surface area (Å²) in [5.74, 6) is 0.973. The van der Waals surface area contributed by atoms with Crippen LogP contribution in [-0.4, -0.2) is 38.6 Å². The standard InChI is InChI=1S/C20H22ClN5O/c1-13-5-6-15(12-17(13)21)24-20(27)25-10-7-16(8-11-25)26-14(2)23-18-4-3-9-22-19(18)26/h3-6,9,12,16H,7-8,10-11H2,1-2H3,(H,24,27). The summed E-state index contributed by atoms with van der Waals surface area (Å²) < 4.78 is 2.21. The number of likely N-dealkylation sites (tertiary alicyclic amines) is 1. The third-order valence-electron chi connectivity index (χ3n) is 5.17. The van der Waals surface area contributed by atoms with Gasteiger partial charge in [-0.05, 0) is 56.5 Å². The molecule has 0 bridgehead atoms. The van der Waals surface area contributed by atoms with Crippen LogP contribution in [0.4, 0.5) is 10.5 Å². The number of benzene rings is 1. The molecular formula is C20H22ClN5O. The maximum atomic E-state index is 12.6. The van der Waals surface area contributed by atoms with Crippen molar-refractivity contribution in [2.75, 3.05) is 18.4 Å². The maximum absolute atomic E-state index is 12.6. The van der Waals surface area contributed by atoms with Gasteiger partial charge in [0.25, 0.3) is 0 Å². The molecule has 1 N–H and O–H groups in total. The van der Waals surface area contributed by atoms with Gasteiger partial charge in [-0.3, -0.25) is 0 Å². The van der Waals surface area contributed by atoms with E-state index in [2.05, 4.69) is 19.9 Å². The molecule has 0 spiro atoms. The fourth-order valence-corrected chi connectivity index (χ4v) is 3.86. The second-order valence-electron chi connectivity index (χ2n) is 6.99. The lowest BCUT2D eigenvalue weighted by Gasteiger charge is -2.33. The number of amides is 2. The molecule has 1 saturated heterocycles. The van der Waals surface area contributed by atoms with Gasteiger partial charge in [-0.15, -0.1) is 0 Å². The van der Waals surface area contributed by atoms with Crippen LogP contribution in [0.25, 0.3) is 11.2 Å². The number of hydrogen-bond acceptors (Lipinski definition) is 3. The van der Waals surface area contributed by atoms with Crippen LogP contribution in [0.3, 0.4) is 0 Å². The fourth-order valence-electron chi connectivity index (χ4n) is 3.68. The third kappa shape index (κ3) is 3.49. The van der Waals surface area contributed by atoms with Gasteiger partial charge in [-0.2, -0.15) is 0 Å². The number of fused-ring (bicyclic) bond motifs is 1. The number of imidazole rings is 1. The van der Waals surface area contributed by atoms with E-state index in [9.17, 15) is 4.79 Å². The molecule has 0 atom stereocenters. The zero-order valence-corrected chi connectivity index (χ0v) is 16.2. The average molecular weight is 384 g/mol. The molecule has 1 aliphatic rings. The molecular weight excluding hydrogens is 362 g/mol. The number of carbonyl (C=O) groups excluding carboxylic acids is 1. The van der Waals surface area contributed by atoms with Crippen LogP contribution in [0.2, 0.25) is 5.02 Å². The van der Waals surface area contributed by atoms with Crippen molar-refractivity contribution < 1.29 is 4.79 Å². The largest absolute Gasteiger partial charge is 0.324 e. The number of urea groups is 1. The summed E-state index contributed by atoms with van der Waals surface area (Å²) in [6.07, 6.45) is 3.56. The minimum atomic E-state index is -0.0845. The molecule has 2 amide bonds. The summed E-state index contributed by atoms with van der Waals surface area (Å²) in [6.45, 7) is 5.35. The normalized spacial score (nSPS) is 15.3. The highest BCUT2D eigenvalue weighted by Gasteiger charge is 2.26. The van der Waals surface area contributed by atoms with Gasteiger partial charge in [0.05, 0.1) is 0 Å². The van der Waals surface area contributed by atoms with Crippen LogP contribution in [-0.2, 0) is 0 Å². The fraction of sp³-hybridized carbons (Fsp3) is 0.350. The minimum absolute atomic E-state index is 0.0845. The summed E-state index contributed by atoms with van der Waals surface area (Å²) in [6, 6.07) is 9.68. The molecule has 3 aromatic rings. The van der Waals surface area contributed by atoms with Crippen molar-refractivity contribution >= 4 is 34.5 Å². The number of nitrogens with zero attached hydrogens (tertiary/aromatic N) is 4. The Morgan fingerprint density at radius 3 is 2.74 bits per heavy atom. The maximum Gasteiger partial charge on any atom is 0.321 e. The Morgan fingerprint density at radius 1 is 1.22 bits per heavy atom. The van der Waals surface area contributed by atoms with E-state index in [0.717, 1.165) is 41.1 Å². The van der Waals surface area contributed by atoms with Gasteiger partial charge in [-0.1, -0.05) is 17.7 Å². The number of halogens is 1. The highest BCUT2D eigenvalue weighted by atomic mass is 35.5. The Hall–Kier alpha value is -2.60. The molecule has 7 heteroatoms. The first-order chi connectivity index (χ1) is 13.0. The van der Waals surface area contributed by atoms with E-state index in [4.69, 9.17) is 11.6 Å². The molecule has 0 aliphatic carbocycles. The number of hydrogen-bond donors (Lipinski definition) is 1. The summed E-state index contributed by atoms with van der Waals surface area (Å²) in [5.41, 5.74) is 3.56. The van der Waals surface area contributed by atoms with E-state index in [1.54, 1.807) is 12.3 Å². The van der Waals surface area contributed by atoms with Crippen molar-refractivity contribution in [2.24, 2.45) is 0 Å². The first kappa shape index (κ1) is 17.8. The second kappa shape index (κ2) is 7.19. The van der Waals surface area contributed by atoms with E-state index in [1.165, 1.54) is 0 Å². The molecule has 27 heavy (non-hydrogen) atoms. The number of rotatable bonds is 2. The molecule has 6 nitrogen and oxygen atoms in total. The van der Waals surface area contributed by atoms with Gasteiger partial charge >= 0.3 is 6.03 Å². The zero-order chi connectivity index (χ0) is 19.0. The van der Waals surface area contributed by atoms with Gasteiger partial charge in [0, 0.05) is 36.0 Å². The number of nitrogens with one attached hydrogen (secondary N) is 1. The highest BCUT2D eigenvalue weighted by Crippen LogP contribution is 2.28. The first-order valence-corrected chi connectivity index (χ1v) is 9.52. The molecule has 2 aromatic heterocycles. The van der Waals surface area contributed by atoms with Crippen LogP contribution in [0, 0.1) is 13.8 Å². The van der Waals surface area contributed by atoms with E-state index in [1.807, 2.05) is 43.0 Å². The Balaban J connectivity index is 1.43. The van der Waals surface area contributed by atoms with Gasteiger partial charge < -0.3 is 14.8 Å². The number of aromatic nitrogens is 3. The molecule has 140 valence electrons. The third-order valence-corrected chi connectivity index (χ3v) is 5.57. The Bertz CT molecular complexity index is 991. The minimum Gasteiger partial charge on any atom is -0.324 e. The summed E-state index contributed by atoms with van der Waals surface area (Å²) in [7, 11) is 0. The number of aryl methyl sites for hydroxylation is 2. The number of piperidine rings is 1. The molecule has 1 aromatic carbocycles. The molecule has 4 rings (SSSR count). The number of carbonyl (C=O) groups is 1. The van der Waals surface area contributed by atoms with E-state index in [-0.39, 0.29) is 6.03 Å². The van der Waals surface area contributed by atoms with Gasteiger partial charge in [0.2, 0.25) is 0 Å². The molecule has 3 heterocycles. The van der Waals surface area contributed by atoms with Crippen molar-refractivity contribution in [3.8, 4) is 0 Å². The monoisotopic (exact) mass is 383 g/mol. The van der Waals surface area contributed by atoms with Crippen LogP contribution < -0.4 is 5.32 Å². The summed E-state index contributed by atoms with van der Waals surface area (Å²) in [5, 5.41) is 3.60. The molecule has 1 fully saturated rings. The SMILES string of the molecule is Cc1ccc(NC(=O)N2CCC(n3c(C)nc4cccnc43)CC2)cc1Cl. The second-order valence-corrected chi connectivity index (χ2v) is 7.39. The molecule has 0 radical (unpaired) electrons. The van der Waals surface area contributed by atoms with Gasteiger partial charge in [-0.25, -0.2) is 14.8 Å². The number of anilines is 1. The molecule has 0 saturated carbocycles.